The lowest BCUT2D eigenvalue weighted by molar-refractivity contribution is 0.384. The number of aromatic amines is 1. The lowest BCUT2D eigenvalue weighted by atomic mass is 10.2. The molecule has 0 amide bonds. The van der Waals surface area contributed by atoms with E-state index < -0.39 is 10.0 Å². The molecule has 1 aliphatic rings. The van der Waals surface area contributed by atoms with Crippen molar-refractivity contribution < 1.29 is 8.42 Å². The average Bonchev–Trinajstić information content (AvgIpc) is 2.86. The standard InChI is InChI=1S/C17H24N4O2S/c1-13-5-4-6-16(11-13)12-24(22,23)21-9-7-20(8-10-21)17-14(2)18-19-15(17)3/h4-6,11H,7-10,12H2,1-3H3,(H,18,19). The van der Waals surface area contributed by atoms with Gasteiger partial charge in [-0.05, 0) is 26.3 Å². The van der Waals surface area contributed by atoms with E-state index in [0.29, 0.717) is 26.2 Å². The fourth-order valence-corrected chi connectivity index (χ4v) is 4.81. The van der Waals surface area contributed by atoms with Crippen molar-refractivity contribution in [1.82, 2.24) is 14.5 Å². The Balaban J connectivity index is 1.67. The van der Waals surface area contributed by atoms with Crippen molar-refractivity contribution in [2.75, 3.05) is 31.1 Å². The molecule has 1 aromatic carbocycles. The molecule has 6 nitrogen and oxygen atoms in total. The topological polar surface area (TPSA) is 69.3 Å². The Morgan fingerprint density at radius 3 is 2.42 bits per heavy atom. The lowest BCUT2D eigenvalue weighted by Crippen LogP contribution is -2.49. The lowest BCUT2D eigenvalue weighted by Gasteiger charge is -2.35. The van der Waals surface area contributed by atoms with Crippen LogP contribution in [0.1, 0.15) is 22.5 Å². The summed E-state index contributed by atoms with van der Waals surface area (Å²) in [6.45, 7) is 8.35. The zero-order valence-corrected chi connectivity index (χ0v) is 15.2. The third kappa shape index (κ3) is 3.47. The highest BCUT2D eigenvalue weighted by Gasteiger charge is 2.28. The first-order chi connectivity index (χ1) is 11.4. The highest BCUT2D eigenvalue weighted by Crippen LogP contribution is 2.24. The van der Waals surface area contributed by atoms with Crippen LogP contribution in [0, 0.1) is 20.8 Å². The zero-order chi connectivity index (χ0) is 17.3. The first-order valence-electron chi connectivity index (χ1n) is 8.17. The van der Waals surface area contributed by atoms with Crippen LogP contribution in [-0.4, -0.2) is 49.1 Å². The number of rotatable bonds is 4. The number of benzene rings is 1. The number of sulfonamides is 1. The fourth-order valence-electron chi connectivity index (χ4n) is 3.30. The van der Waals surface area contributed by atoms with Crippen molar-refractivity contribution in [3.63, 3.8) is 0 Å². The number of piperazine rings is 1. The zero-order valence-electron chi connectivity index (χ0n) is 14.4. The third-order valence-corrected chi connectivity index (χ3v) is 6.32. The number of nitrogens with one attached hydrogen (secondary N) is 1. The molecule has 1 fully saturated rings. The van der Waals surface area contributed by atoms with E-state index in [2.05, 4.69) is 15.1 Å². The second-order valence-corrected chi connectivity index (χ2v) is 8.38. The number of H-pyrrole nitrogens is 1. The van der Waals surface area contributed by atoms with Gasteiger partial charge in [-0.3, -0.25) is 5.10 Å². The molecule has 0 atom stereocenters. The van der Waals surface area contributed by atoms with E-state index in [4.69, 9.17) is 0 Å². The molecule has 0 bridgehead atoms. The van der Waals surface area contributed by atoms with E-state index in [-0.39, 0.29) is 5.75 Å². The Morgan fingerprint density at radius 1 is 1.12 bits per heavy atom. The minimum atomic E-state index is -3.28. The van der Waals surface area contributed by atoms with E-state index in [0.717, 1.165) is 28.2 Å². The van der Waals surface area contributed by atoms with Gasteiger partial charge in [-0.1, -0.05) is 29.8 Å². The van der Waals surface area contributed by atoms with Gasteiger partial charge in [-0.2, -0.15) is 9.40 Å². The molecule has 24 heavy (non-hydrogen) atoms. The van der Waals surface area contributed by atoms with Crippen LogP contribution in [0.4, 0.5) is 5.69 Å². The normalized spacial score (nSPS) is 16.5. The summed E-state index contributed by atoms with van der Waals surface area (Å²) < 4.78 is 27.0. The van der Waals surface area contributed by atoms with Gasteiger partial charge < -0.3 is 4.90 Å². The quantitative estimate of drug-likeness (QED) is 0.917. The summed E-state index contributed by atoms with van der Waals surface area (Å²) in [5.41, 5.74) is 5.02. The maximum atomic E-state index is 12.7. The van der Waals surface area contributed by atoms with Crippen LogP contribution in [-0.2, 0) is 15.8 Å². The van der Waals surface area contributed by atoms with Gasteiger partial charge in [0.05, 0.1) is 22.8 Å². The Hall–Kier alpha value is -1.86. The monoisotopic (exact) mass is 348 g/mol. The molecular formula is C17H24N4O2S. The summed E-state index contributed by atoms with van der Waals surface area (Å²) in [6, 6.07) is 7.69. The molecule has 3 rings (SSSR count). The molecule has 0 unspecified atom stereocenters. The fraction of sp³-hybridized carbons (Fsp3) is 0.471. The summed E-state index contributed by atoms with van der Waals surface area (Å²) >= 11 is 0. The number of hydrogen-bond acceptors (Lipinski definition) is 4. The number of anilines is 1. The van der Waals surface area contributed by atoms with Crippen LogP contribution >= 0.6 is 0 Å². The van der Waals surface area contributed by atoms with E-state index in [9.17, 15) is 8.42 Å². The van der Waals surface area contributed by atoms with Crippen LogP contribution in [0.3, 0.4) is 0 Å². The molecule has 1 saturated heterocycles. The van der Waals surface area contributed by atoms with E-state index in [1.165, 1.54) is 0 Å². The van der Waals surface area contributed by atoms with Gasteiger partial charge in [0, 0.05) is 26.2 Å². The first kappa shape index (κ1) is 17.0. The number of nitrogens with zero attached hydrogens (tertiary/aromatic N) is 3. The Bertz CT molecular complexity index is 801. The van der Waals surface area contributed by atoms with Gasteiger partial charge in [0.1, 0.15) is 0 Å². The number of aromatic nitrogens is 2. The molecule has 1 aromatic heterocycles. The predicted octanol–water partition coefficient (Wildman–Crippen LogP) is 1.99. The summed E-state index contributed by atoms with van der Waals surface area (Å²) in [5, 5.41) is 7.21. The van der Waals surface area contributed by atoms with Gasteiger partial charge in [0.15, 0.2) is 0 Å². The minimum Gasteiger partial charge on any atom is -0.366 e. The largest absolute Gasteiger partial charge is 0.366 e. The molecule has 0 saturated carbocycles. The van der Waals surface area contributed by atoms with Crippen molar-refractivity contribution in [3.05, 3.63) is 46.8 Å². The summed E-state index contributed by atoms with van der Waals surface area (Å²) in [5.74, 6) is 0.0679. The average molecular weight is 348 g/mol. The molecule has 130 valence electrons. The van der Waals surface area contributed by atoms with Crippen LogP contribution in [0.2, 0.25) is 0 Å². The molecule has 1 aliphatic heterocycles. The summed E-state index contributed by atoms with van der Waals surface area (Å²) in [7, 11) is -3.28. The second-order valence-electron chi connectivity index (χ2n) is 6.41. The maximum Gasteiger partial charge on any atom is 0.218 e. The van der Waals surface area contributed by atoms with Crippen LogP contribution < -0.4 is 4.90 Å². The number of hydrogen-bond donors (Lipinski definition) is 1. The first-order valence-corrected chi connectivity index (χ1v) is 9.77. The summed E-state index contributed by atoms with van der Waals surface area (Å²) in [4.78, 5) is 2.22. The SMILES string of the molecule is Cc1cccc(CS(=O)(=O)N2CCN(c3c(C)n[nH]c3C)CC2)c1. The van der Waals surface area contributed by atoms with Gasteiger partial charge in [0.25, 0.3) is 0 Å². The molecule has 2 heterocycles. The molecule has 0 radical (unpaired) electrons. The molecule has 7 heteroatoms. The van der Waals surface area contributed by atoms with E-state index in [1.807, 2.05) is 45.0 Å². The van der Waals surface area contributed by atoms with Crippen molar-refractivity contribution in [2.24, 2.45) is 0 Å². The van der Waals surface area contributed by atoms with Crippen LogP contribution in [0.25, 0.3) is 0 Å². The van der Waals surface area contributed by atoms with Gasteiger partial charge in [-0.15, -0.1) is 0 Å². The molecule has 0 spiro atoms. The van der Waals surface area contributed by atoms with Gasteiger partial charge >= 0.3 is 0 Å². The van der Waals surface area contributed by atoms with E-state index >= 15 is 0 Å². The molecular weight excluding hydrogens is 324 g/mol. The number of aryl methyl sites for hydroxylation is 3. The van der Waals surface area contributed by atoms with Crippen molar-refractivity contribution >= 4 is 15.7 Å². The van der Waals surface area contributed by atoms with Gasteiger partial charge in [-0.25, -0.2) is 8.42 Å². The molecule has 0 aliphatic carbocycles. The molecule has 1 N–H and O–H groups in total. The Kier molecular flexibility index (Phi) is 4.64. The predicted molar refractivity (Wildman–Crippen MR) is 95.7 cm³/mol. The molecule has 2 aromatic rings. The second kappa shape index (κ2) is 6.57. The minimum absolute atomic E-state index is 0.0679. The van der Waals surface area contributed by atoms with Crippen molar-refractivity contribution in [2.45, 2.75) is 26.5 Å². The highest BCUT2D eigenvalue weighted by molar-refractivity contribution is 7.88. The Labute approximate surface area is 143 Å². The third-order valence-electron chi connectivity index (χ3n) is 4.47. The maximum absolute atomic E-state index is 12.7. The smallest absolute Gasteiger partial charge is 0.218 e. The van der Waals surface area contributed by atoms with Crippen LogP contribution in [0.15, 0.2) is 24.3 Å². The highest BCUT2D eigenvalue weighted by atomic mass is 32.2. The summed E-state index contributed by atoms with van der Waals surface area (Å²) in [6.07, 6.45) is 0. The van der Waals surface area contributed by atoms with E-state index in [1.54, 1.807) is 4.31 Å². The Morgan fingerprint density at radius 2 is 1.83 bits per heavy atom. The van der Waals surface area contributed by atoms with Crippen molar-refractivity contribution in [1.29, 1.82) is 0 Å². The van der Waals surface area contributed by atoms with Crippen LogP contribution in [0.5, 0.6) is 0 Å². The van der Waals surface area contributed by atoms with Crippen molar-refractivity contribution in [3.8, 4) is 0 Å². The van der Waals surface area contributed by atoms with Gasteiger partial charge in [0.2, 0.25) is 10.0 Å².